The maximum Gasteiger partial charge on any atom is 0.119 e. The number of benzene rings is 1. The van der Waals surface area contributed by atoms with Gasteiger partial charge in [-0.2, -0.15) is 0 Å². The van der Waals surface area contributed by atoms with Crippen molar-refractivity contribution >= 4 is 0 Å². The summed E-state index contributed by atoms with van der Waals surface area (Å²) >= 11 is 0. The Morgan fingerprint density at radius 2 is 2.22 bits per heavy atom. The maximum atomic E-state index is 8.69. The van der Waals surface area contributed by atoms with E-state index in [9.17, 15) is 0 Å². The van der Waals surface area contributed by atoms with Crippen LogP contribution in [-0.2, 0) is 6.42 Å². The number of hydrogen-bond acceptors (Lipinski definition) is 3. The number of unbranched alkanes of at least 4 members (excludes halogenated alkanes) is 2. The van der Waals surface area contributed by atoms with Crippen LogP contribution in [-0.4, -0.2) is 25.4 Å². The van der Waals surface area contributed by atoms with E-state index in [1.165, 1.54) is 17.5 Å². The lowest BCUT2D eigenvalue weighted by atomic mass is 10.1. The number of rotatable bonds is 7. The van der Waals surface area contributed by atoms with E-state index < -0.39 is 0 Å². The van der Waals surface area contributed by atoms with Crippen molar-refractivity contribution in [2.45, 2.75) is 38.1 Å². The van der Waals surface area contributed by atoms with Gasteiger partial charge in [-0.15, -0.1) is 0 Å². The first kappa shape index (κ1) is 13.4. The monoisotopic (exact) mass is 249 g/mol. The van der Waals surface area contributed by atoms with Crippen LogP contribution < -0.4 is 10.1 Å². The largest absolute Gasteiger partial charge is 0.494 e. The molecule has 1 aliphatic rings. The minimum Gasteiger partial charge on any atom is -0.494 e. The maximum absolute atomic E-state index is 8.69. The lowest BCUT2D eigenvalue weighted by Crippen LogP contribution is -2.12. The van der Waals surface area contributed by atoms with Gasteiger partial charge >= 0.3 is 0 Å². The Morgan fingerprint density at radius 1 is 1.33 bits per heavy atom. The summed E-state index contributed by atoms with van der Waals surface area (Å²) in [4.78, 5) is 0. The predicted molar refractivity (Wildman–Crippen MR) is 73.0 cm³/mol. The molecule has 0 spiro atoms. The SMILES string of the molecule is CNC1CCc2cc(OCCCCCO)ccc21. The second-order valence-corrected chi connectivity index (χ2v) is 4.87. The zero-order valence-corrected chi connectivity index (χ0v) is 11.1. The minimum atomic E-state index is 0.282. The zero-order valence-electron chi connectivity index (χ0n) is 11.1. The van der Waals surface area contributed by atoms with Crippen LogP contribution in [0.2, 0.25) is 0 Å². The summed E-state index contributed by atoms with van der Waals surface area (Å²) in [6.45, 7) is 1.03. The van der Waals surface area contributed by atoms with Crippen molar-refractivity contribution in [2.24, 2.45) is 0 Å². The normalized spacial score (nSPS) is 17.8. The molecule has 0 radical (unpaired) electrons. The van der Waals surface area contributed by atoms with Crippen LogP contribution in [0.5, 0.6) is 5.75 Å². The molecule has 0 heterocycles. The molecule has 3 heteroatoms. The van der Waals surface area contributed by atoms with Crippen LogP contribution >= 0.6 is 0 Å². The second-order valence-electron chi connectivity index (χ2n) is 4.87. The summed E-state index contributed by atoms with van der Waals surface area (Å²) in [7, 11) is 2.02. The Hall–Kier alpha value is -1.06. The van der Waals surface area contributed by atoms with Crippen molar-refractivity contribution in [3.63, 3.8) is 0 Å². The van der Waals surface area contributed by atoms with Gasteiger partial charge in [0.2, 0.25) is 0 Å². The smallest absolute Gasteiger partial charge is 0.119 e. The molecule has 1 unspecified atom stereocenters. The number of aryl methyl sites for hydroxylation is 1. The molecular weight excluding hydrogens is 226 g/mol. The molecule has 3 nitrogen and oxygen atoms in total. The Bertz CT molecular complexity index is 379. The number of hydrogen-bond donors (Lipinski definition) is 2. The lowest BCUT2D eigenvalue weighted by molar-refractivity contribution is 0.266. The fraction of sp³-hybridized carbons (Fsp3) is 0.600. The van der Waals surface area contributed by atoms with E-state index in [1.807, 2.05) is 7.05 Å². The number of ether oxygens (including phenoxy) is 1. The molecule has 0 saturated heterocycles. The molecule has 18 heavy (non-hydrogen) atoms. The Kier molecular flexibility index (Phi) is 5.02. The van der Waals surface area contributed by atoms with Gasteiger partial charge in [0.15, 0.2) is 0 Å². The Morgan fingerprint density at radius 3 is 3.00 bits per heavy atom. The molecule has 0 aliphatic heterocycles. The highest BCUT2D eigenvalue weighted by atomic mass is 16.5. The van der Waals surface area contributed by atoms with Crippen LogP contribution in [0, 0.1) is 0 Å². The van der Waals surface area contributed by atoms with Gasteiger partial charge in [0.1, 0.15) is 5.75 Å². The van der Waals surface area contributed by atoms with Crippen LogP contribution in [0.25, 0.3) is 0 Å². The second kappa shape index (κ2) is 6.76. The molecular formula is C15H23NO2. The van der Waals surface area contributed by atoms with Crippen molar-refractivity contribution in [3.8, 4) is 5.75 Å². The number of fused-ring (bicyclic) bond motifs is 1. The Balaban J connectivity index is 1.84. The highest BCUT2D eigenvalue weighted by Gasteiger charge is 2.20. The van der Waals surface area contributed by atoms with Gasteiger partial charge < -0.3 is 15.2 Å². The molecule has 0 aromatic heterocycles. The van der Waals surface area contributed by atoms with Crippen LogP contribution in [0.15, 0.2) is 18.2 Å². The van der Waals surface area contributed by atoms with Gasteiger partial charge in [0.05, 0.1) is 6.61 Å². The summed E-state index contributed by atoms with van der Waals surface area (Å²) in [6, 6.07) is 6.95. The highest BCUT2D eigenvalue weighted by Crippen LogP contribution is 2.33. The molecule has 0 bridgehead atoms. The topological polar surface area (TPSA) is 41.5 Å². The molecule has 0 fully saturated rings. The third kappa shape index (κ3) is 3.24. The van der Waals surface area contributed by atoms with Gasteiger partial charge in [-0.3, -0.25) is 0 Å². The first-order valence-electron chi connectivity index (χ1n) is 6.89. The number of aliphatic hydroxyl groups excluding tert-OH is 1. The number of nitrogens with one attached hydrogen (secondary N) is 1. The van der Waals surface area contributed by atoms with Gasteiger partial charge in [0.25, 0.3) is 0 Å². The van der Waals surface area contributed by atoms with Crippen LogP contribution in [0.4, 0.5) is 0 Å². The molecule has 1 aromatic carbocycles. The molecule has 1 aliphatic carbocycles. The third-order valence-electron chi connectivity index (χ3n) is 3.61. The van der Waals surface area contributed by atoms with E-state index in [0.717, 1.165) is 38.0 Å². The van der Waals surface area contributed by atoms with Gasteiger partial charge in [-0.1, -0.05) is 6.07 Å². The van der Waals surface area contributed by atoms with Crippen molar-refractivity contribution in [3.05, 3.63) is 29.3 Å². The van der Waals surface area contributed by atoms with E-state index in [0.29, 0.717) is 6.04 Å². The van der Waals surface area contributed by atoms with Crippen LogP contribution in [0.1, 0.15) is 42.9 Å². The Labute approximate surface area is 109 Å². The van der Waals surface area contributed by atoms with E-state index in [-0.39, 0.29) is 6.61 Å². The van der Waals surface area contributed by atoms with Crippen molar-refractivity contribution < 1.29 is 9.84 Å². The quantitative estimate of drug-likeness (QED) is 0.729. The minimum absolute atomic E-state index is 0.282. The molecule has 100 valence electrons. The molecule has 1 aromatic rings. The average Bonchev–Trinajstić information content (AvgIpc) is 2.80. The standard InChI is InChI=1S/C15H23NO2/c1-16-15-8-5-12-11-13(6-7-14(12)15)18-10-4-2-3-9-17/h6-7,11,15-17H,2-5,8-10H2,1H3. The van der Waals surface area contributed by atoms with Gasteiger partial charge in [-0.05, 0) is 62.4 Å². The average molecular weight is 249 g/mol. The fourth-order valence-corrected chi connectivity index (χ4v) is 2.56. The zero-order chi connectivity index (χ0) is 12.8. The first-order valence-corrected chi connectivity index (χ1v) is 6.89. The third-order valence-corrected chi connectivity index (χ3v) is 3.61. The lowest BCUT2D eigenvalue weighted by Gasteiger charge is -2.11. The molecule has 0 saturated carbocycles. The fourth-order valence-electron chi connectivity index (χ4n) is 2.56. The first-order chi connectivity index (χ1) is 8.85. The van der Waals surface area contributed by atoms with Crippen LogP contribution in [0.3, 0.4) is 0 Å². The summed E-state index contributed by atoms with van der Waals surface area (Å²) in [6.07, 6.45) is 5.24. The summed E-state index contributed by atoms with van der Waals surface area (Å²) in [5.74, 6) is 0.981. The van der Waals surface area contributed by atoms with Crippen molar-refractivity contribution in [1.29, 1.82) is 0 Å². The molecule has 2 rings (SSSR count). The summed E-state index contributed by atoms with van der Waals surface area (Å²) in [5, 5.41) is 12.0. The highest BCUT2D eigenvalue weighted by molar-refractivity contribution is 5.40. The predicted octanol–water partition coefficient (Wildman–Crippen LogP) is 2.43. The molecule has 2 N–H and O–H groups in total. The van der Waals surface area contributed by atoms with Gasteiger partial charge in [0, 0.05) is 12.6 Å². The van der Waals surface area contributed by atoms with E-state index in [2.05, 4.69) is 23.5 Å². The van der Waals surface area contributed by atoms with Gasteiger partial charge in [-0.25, -0.2) is 0 Å². The molecule has 0 amide bonds. The van der Waals surface area contributed by atoms with Crippen molar-refractivity contribution in [1.82, 2.24) is 5.32 Å². The van der Waals surface area contributed by atoms with E-state index in [4.69, 9.17) is 9.84 Å². The summed E-state index contributed by atoms with van der Waals surface area (Å²) < 4.78 is 5.74. The molecule has 1 atom stereocenters. The van der Waals surface area contributed by atoms with E-state index in [1.54, 1.807) is 0 Å². The van der Waals surface area contributed by atoms with E-state index >= 15 is 0 Å². The number of aliphatic hydroxyl groups is 1. The van der Waals surface area contributed by atoms with Crippen molar-refractivity contribution in [2.75, 3.05) is 20.3 Å². The summed E-state index contributed by atoms with van der Waals surface area (Å²) in [5.41, 5.74) is 2.84.